The molecule has 1 heterocycles. The van der Waals surface area contributed by atoms with Crippen LogP contribution < -0.4 is 5.32 Å². The Morgan fingerprint density at radius 1 is 1.58 bits per heavy atom. The van der Waals surface area contributed by atoms with E-state index in [-0.39, 0.29) is 5.41 Å². The van der Waals surface area contributed by atoms with Gasteiger partial charge in [-0.25, -0.2) is 4.98 Å². The molecule has 1 rings (SSSR count). The highest BCUT2D eigenvalue weighted by molar-refractivity contribution is 7.13. The predicted molar refractivity (Wildman–Crippen MR) is 50.0 cm³/mol. The van der Waals surface area contributed by atoms with Crippen molar-refractivity contribution in [2.45, 2.75) is 26.2 Å². The topological polar surface area (TPSA) is 48.7 Å². The number of nitriles is 1. The fourth-order valence-electron chi connectivity index (χ4n) is 0.723. The van der Waals surface area contributed by atoms with Crippen molar-refractivity contribution in [1.82, 2.24) is 4.98 Å². The number of anilines is 1. The molecule has 1 aromatic heterocycles. The number of aromatic nitrogens is 1. The second kappa shape index (κ2) is 3.11. The van der Waals surface area contributed by atoms with Crippen LogP contribution in [0.1, 0.15) is 26.5 Å². The minimum atomic E-state index is 0.0614. The van der Waals surface area contributed by atoms with Crippen LogP contribution in [0.4, 0.5) is 5.13 Å². The molecule has 0 fully saturated rings. The van der Waals surface area contributed by atoms with E-state index in [2.05, 4.69) is 31.1 Å². The van der Waals surface area contributed by atoms with Gasteiger partial charge in [-0.2, -0.15) is 5.26 Å². The van der Waals surface area contributed by atoms with Crippen molar-refractivity contribution in [3.8, 4) is 6.19 Å². The molecule has 0 unspecified atom stereocenters. The summed E-state index contributed by atoms with van der Waals surface area (Å²) in [5.41, 5.74) is 1.08. The summed E-state index contributed by atoms with van der Waals surface area (Å²) in [6.45, 7) is 6.29. The highest BCUT2D eigenvalue weighted by Gasteiger charge is 2.16. The lowest BCUT2D eigenvalue weighted by Crippen LogP contribution is -2.11. The lowest BCUT2D eigenvalue weighted by Gasteiger charge is -2.13. The van der Waals surface area contributed by atoms with Crippen molar-refractivity contribution in [3.05, 3.63) is 11.1 Å². The molecule has 0 saturated carbocycles. The summed E-state index contributed by atoms with van der Waals surface area (Å²) < 4.78 is 0. The molecule has 0 amide bonds. The molecule has 0 aliphatic heterocycles. The maximum absolute atomic E-state index is 8.34. The Bertz CT molecular complexity index is 303. The molecule has 0 spiro atoms. The average Bonchev–Trinajstić information content (AvgIpc) is 2.35. The first kappa shape index (κ1) is 9.01. The SMILES string of the molecule is CC(C)(C)c1csc(NC#N)n1. The zero-order chi connectivity index (χ0) is 9.19. The molecule has 0 atom stereocenters. The number of nitrogens with zero attached hydrogens (tertiary/aromatic N) is 2. The molecule has 1 aromatic rings. The van der Waals surface area contributed by atoms with Gasteiger partial charge in [-0.3, -0.25) is 5.32 Å². The summed E-state index contributed by atoms with van der Waals surface area (Å²) >= 11 is 1.46. The van der Waals surface area contributed by atoms with Crippen LogP contribution in [0.15, 0.2) is 5.38 Å². The van der Waals surface area contributed by atoms with E-state index in [4.69, 9.17) is 5.26 Å². The highest BCUT2D eigenvalue weighted by atomic mass is 32.1. The molecule has 4 heteroatoms. The van der Waals surface area contributed by atoms with Crippen LogP contribution in [0.2, 0.25) is 0 Å². The summed E-state index contributed by atoms with van der Waals surface area (Å²) in [7, 11) is 0. The summed E-state index contributed by atoms with van der Waals surface area (Å²) in [4.78, 5) is 4.26. The lowest BCUT2D eigenvalue weighted by atomic mass is 9.93. The number of thiazole rings is 1. The standard InChI is InChI=1S/C8H11N3S/c1-8(2,3)6-4-12-7(11-6)10-5-9/h4H,1-3H3,(H,10,11). The van der Waals surface area contributed by atoms with E-state index in [0.717, 1.165) is 5.69 Å². The average molecular weight is 181 g/mol. The Kier molecular flexibility index (Phi) is 2.34. The molecule has 3 nitrogen and oxygen atoms in total. The van der Waals surface area contributed by atoms with Gasteiger partial charge in [0.2, 0.25) is 0 Å². The van der Waals surface area contributed by atoms with Crippen LogP contribution in [0.5, 0.6) is 0 Å². The summed E-state index contributed by atoms with van der Waals surface area (Å²) in [5.74, 6) is 0. The highest BCUT2D eigenvalue weighted by Crippen LogP contribution is 2.25. The maximum Gasteiger partial charge on any atom is 0.196 e. The molecule has 0 aliphatic rings. The second-order valence-electron chi connectivity index (χ2n) is 3.52. The third-order valence-corrected chi connectivity index (χ3v) is 2.19. The Hall–Kier alpha value is -1.08. The maximum atomic E-state index is 8.34. The smallest absolute Gasteiger partial charge is 0.196 e. The zero-order valence-corrected chi connectivity index (χ0v) is 8.20. The minimum absolute atomic E-state index is 0.0614. The van der Waals surface area contributed by atoms with E-state index < -0.39 is 0 Å². The summed E-state index contributed by atoms with van der Waals surface area (Å²) in [6.07, 6.45) is 1.85. The van der Waals surface area contributed by atoms with Gasteiger partial charge in [-0.1, -0.05) is 20.8 Å². The van der Waals surface area contributed by atoms with Gasteiger partial charge in [0.15, 0.2) is 11.3 Å². The zero-order valence-electron chi connectivity index (χ0n) is 7.38. The molecular formula is C8H11N3S. The molecule has 0 radical (unpaired) electrons. The molecule has 0 bridgehead atoms. The molecule has 0 aromatic carbocycles. The molecule has 64 valence electrons. The first-order valence-corrected chi connectivity index (χ1v) is 4.53. The van der Waals surface area contributed by atoms with Gasteiger partial charge in [-0.05, 0) is 0 Å². The molecule has 0 aliphatic carbocycles. The van der Waals surface area contributed by atoms with E-state index in [9.17, 15) is 0 Å². The van der Waals surface area contributed by atoms with Crippen molar-refractivity contribution in [2.24, 2.45) is 0 Å². The largest absolute Gasteiger partial charge is 0.268 e. The minimum Gasteiger partial charge on any atom is -0.268 e. The van der Waals surface area contributed by atoms with Gasteiger partial charge in [0.05, 0.1) is 5.69 Å². The van der Waals surface area contributed by atoms with Gasteiger partial charge in [0.1, 0.15) is 0 Å². The Labute approximate surface area is 76.1 Å². The monoisotopic (exact) mass is 181 g/mol. The predicted octanol–water partition coefficient (Wildman–Crippen LogP) is 2.33. The van der Waals surface area contributed by atoms with Crippen molar-refractivity contribution >= 4 is 16.5 Å². The van der Waals surface area contributed by atoms with E-state index >= 15 is 0 Å². The number of hydrogen-bond donors (Lipinski definition) is 1. The molecular weight excluding hydrogens is 170 g/mol. The second-order valence-corrected chi connectivity index (χ2v) is 4.38. The van der Waals surface area contributed by atoms with Crippen LogP contribution in [-0.4, -0.2) is 4.98 Å². The summed E-state index contributed by atoms with van der Waals surface area (Å²) in [6, 6.07) is 0. The quantitative estimate of drug-likeness (QED) is 0.534. The van der Waals surface area contributed by atoms with E-state index in [1.807, 2.05) is 11.6 Å². The van der Waals surface area contributed by atoms with Crippen molar-refractivity contribution in [3.63, 3.8) is 0 Å². The van der Waals surface area contributed by atoms with E-state index in [1.165, 1.54) is 11.3 Å². The van der Waals surface area contributed by atoms with Crippen molar-refractivity contribution in [1.29, 1.82) is 5.26 Å². The Morgan fingerprint density at radius 3 is 2.67 bits per heavy atom. The van der Waals surface area contributed by atoms with Gasteiger partial charge in [0, 0.05) is 10.8 Å². The van der Waals surface area contributed by atoms with Crippen LogP contribution >= 0.6 is 11.3 Å². The fraction of sp³-hybridized carbons (Fsp3) is 0.500. The number of rotatable bonds is 1. The van der Waals surface area contributed by atoms with E-state index in [1.54, 1.807) is 0 Å². The number of hydrogen-bond acceptors (Lipinski definition) is 4. The van der Waals surface area contributed by atoms with Crippen LogP contribution in [0.3, 0.4) is 0 Å². The van der Waals surface area contributed by atoms with Gasteiger partial charge in [0.25, 0.3) is 0 Å². The lowest BCUT2D eigenvalue weighted by molar-refractivity contribution is 0.573. The molecule has 1 N–H and O–H groups in total. The third-order valence-electron chi connectivity index (χ3n) is 1.44. The normalized spacial score (nSPS) is 10.8. The molecule has 12 heavy (non-hydrogen) atoms. The van der Waals surface area contributed by atoms with E-state index in [0.29, 0.717) is 5.13 Å². The Morgan fingerprint density at radius 2 is 2.25 bits per heavy atom. The first-order chi connectivity index (χ1) is 5.54. The number of nitrogens with one attached hydrogen (secondary N) is 1. The first-order valence-electron chi connectivity index (χ1n) is 3.65. The van der Waals surface area contributed by atoms with Crippen LogP contribution in [0, 0.1) is 11.5 Å². The Balaban J connectivity index is 2.86. The summed E-state index contributed by atoms with van der Waals surface area (Å²) in [5, 5.41) is 13.5. The van der Waals surface area contributed by atoms with Gasteiger partial charge >= 0.3 is 0 Å². The third kappa shape index (κ3) is 1.95. The molecule has 0 saturated heterocycles. The van der Waals surface area contributed by atoms with Crippen LogP contribution in [-0.2, 0) is 5.41 Å². The van der Waals surface area contributed by atoms with Gasteiger partial charge in [-0.15, -0.1) is 11.3 Å². The van der Waals surface area contributed by atoms with Crippen molar-refractivity contribution in [2.75, 3.05) is 5.32 Å². The van der Waals surface area contributed by atoms with Gasteiger partial charge < -0.3 is 0 Å². The van der Waals surface area contributed by atoms with Crippen molar-refractivity contribution < 1.29 is 0 Å². The fourth-order valence-corrected chi connectivity index (χ4v) is 1.61. The van der Waals surface area contributed by atoms with Crippen LogP contribution in [0.25, 0.3) is 0 Å².